The van der Waals surface area contributed by atoms with E-state index in [1.54, 1.807) is 0 Å². The Hall–Kier alpha value is -0.550. The molecule has 1 nitrogen and oxygen atoms in total. The second-order valence-electron chi connectivity index (χ2n) is 4.58. The van der Waals surface area contributed by atoms with Crippen LogP contribution >= 0.6 is 7.14 Å². The lowest BCUT2D eigenvalue weighted by Crippen LogP contribution is -2.12. The van der Waals surface area contributed by atoms with Crippen LogP contribution in [0.25, 0.3) is 0 Å². The molecule has 0 amide bonds. The summed E-state index contributed by atoms with van der Waals surface area (Å²) in [5, 5.41) is 1.05. The van der Waals surface area contributed by atoms with Crippen LogP contribution in [0.1, 0.15) is 19.4 Å². The smallest absolute Gasteiger partial charge is 0.110 e. The molecule has 1 aromatic carbocycles. The molecular formula is C12H19OP. The summed E-state index contributed by atoms with van der Waals surface area (Å²) in [6, 6.07) is 8.09. The Morgan fingerprint density at radius 2 is 1.79 bits per heavy atom. The molecule has 78 valence electrons. The van der Waals surface area contributed by atoms with Gasteiger partial charge in [-0.3, -0.25) is 0 Å². The molecule has 0 aliphatic rings. The maximum absolute atomic E-state index is 12.0. The third-order valence-corrected chi connectivity index (χ3v) is 3.80. The van der Waals surface area contributed by atoms with Crippen molar-refractivity contribution in [2.45, 2.75) is 20.3 Å². The summed E-state index contributed by atoms with van der Waals surface area (Å²) in [4.78, 5) is 0. The molecule has 1 rings (SSSR count). The predicted octanol–water partition coefficient (Wildman–Crippen LogP) is 3.13. The molecule has 0 heterocycles. The van der Waals surface area contributed by atoms with Gasteiger partial charge in [0.2, 0.25) is 0 Å². The van der Waals surface area contributed by atoms with E-state index in [-0.39, 0.29) is 0 Å². The lowest BCUT2D eigenvalue weighted by Gasteiger charge is -2.14. The Bertz CT molecular complexity index is 349. The SMILES string of the molecule is CC(C)Cc1ccccc1P(C)(C)=O. The normalized spacial score (nSPS) is 12.1. The van der Waals surface area contributed by atoms with E-state index in [1.807, 2.05) is 31.5 Å². The summed E-state index contributed by atoms with van der Waals surface area (Å²) >= 11 is 0. The lowest BCUT2D eigenvalue weighted by atomic mass is 10.0. The zero-order chi connectivity index (χ0) is 10.8. The van der Waals surface area contributed by atoms with Crippen LogP contribution in [0.3, 0.4) is 0 Å². The molecule has 0 saturated carbocycles. The van der Waals surface area contributed by atoms with Gasteiger partial charge < -0.3 is 4.57 Å². The van der Waals surface area contributed by atoms with Gasteiger partial charge in [0.05, 0.1) is 0 Å². The second-order valence-corrected chi connectivity index (χ2v) is 7.76. The predicted molar refractivity (Wildman–Crippen MR) is 64.1 cm³/mol. The Labute approximate surface area is 86.9 Å². The first-order valence-corrected chi connectivity index (χ1v) is 7.65. The van der Waals surface area contributed by atoms with Crippen molar-refractivity contribution in [1.29, 1.82) is 0 Å². The van der Waals surface area contributed by atoms with Crippen LogP contribution in [0.2, 0.25) is 0 Å². The van der Waals surface area contributed by atoms with Crippen molar-refractivity contribution < 1.29 is 4.57 Å². The van der Waals surface area contributed by atoms with Gasteiger partial charge >= 0.3 is 0 Å². The van der Waals surface area contributed by atoms with Crippen LogP contribution in [-0.4, -0.2) is 13.3 Å². The van der Waals surface area contributed by atoms with E-state index in [4.69, 9.17) is 0 Å². The molecule has 0 radical (unpaired) electrons. The van der Waals surface area contributed by atoms with Gasteiger partial charge in [0.25, 0.3) is 0 Å². The third kappa shape index (κ3) is 2.99. The van der Waals surface area contributed by atoms with Crippen molar-refractivity contribution in [1.82, 2.24) is 0 Å². The molecule has 0 saturated heterocycles. The van der Waals surface area contributed by atoms with Crippen molar-refractivity contribution in [3.8, 4) is 0 Å². The van der Waals surface area contributed by atoms with E-state index in [0.717, 1.165) is 11.7 Å². The highest BCUT2D eigenvalue weighted by molar-refractivity contribution is 7.70. The molecule has 0 atom stereocenters. The van der Waals surface area contributed by atoms with E-state index < -0.39 is 7.14 Å². The van der Waals surface area contributed by atoms with E-state index in [0.29, 0.717) is 5.92 Å². The Balaban J connectivity index is 3.10. The highest BCUT2D eigenvalue weighted by Gasteiger charge is 2.15. The molecule has 0 N–H and O–H groups in total. The van der Waals surface area contributed by atoms with Crippen LogP contribution in [0.4, 0.5) is 0 Å². The summed E-state index contributed by atoms with van der Waals surface area (Å²) in [6.07, 6.45) is 1.02. The molecule has 0 fully saturated rings. The van der Waals surface area contributed by atoms with Gasteiger partial charge in [-0.05, 0) is 31.2 Å². The first kappa shape index (κ1) is 11.5. The number of rotatable bonds is 3. The summed E-state index contributed by atoms with van der Waals surface area (Å²) in [7, 11) is -2.11. The minimum atomic E-state index is -2.11. The van der Waals surface area contributed by atoms with E-state index >= 15 is 0 Å². The van der Waals surface area contributed by atoms with Gasteiger partial charge in [0.15, 0.2) is 0 Å². The topological polar surface area (TPSA) is 17.1 Å². The maximum Gasteiger partial charge on any atom is 0.110 e. The van der Waals surface area contributed by atoms with E-state index in [1.165, 1.54) is 5.56 Å². The summed E-state index contributed by atoms with van der Waals surface area (Å²) in [5.41, 5.74) is 1.25. The Morgan fingerprint density at radius 1 is 1.21 bits per heavy atom. The first-order valence-electron chi connectivity index (χ1n) is 5.04. The maximum atomic E-state index is 12.0. The van der Waals surface area contributed by atoms with Crippen molar-refractivity contribution in [2.75, 3.05) is 13.3 Å². The third-order valence-electron chi connectivity index (χ3n) is 2.20. The minimum absolute atomic E-state index is 0.614. The molecule has 0 aliphatic carbocycles. The average Bonchev–Trinajstić information content (AvgIpc) is 2.01. The molecule has 0 bridgehead atoms. The fraction of sp³-hybridized carbons (Fsp3) is 0.500. The summed E-state index contributed by atoms with van der Waals surface area (Å²) < 4.78 is 12.0. The molecule has 0 spiro atoms. The molecule has 14 heavy (non-hydrogen) atoms. The van der Waals surface area contributed by atoms with Gasteiger partial charge in [-0.15, -0.1) is 0 Å². The van der Waals surface area contributed by atoms with Gasteiger partial charge in [-0.1, -0.05) is 38.1 Å². The van der Waals surface area contributed by atoms with Crippen molar-refractivity contribution in [3.63, 3.8) is 0 Å². The van der Waals surface area contributed by atoms with Gasteiger partial charge in [-0.2, -0.15) is 0 Å². The zero-order valence-electron chi connectivity index (χ0n) is 9.45. The Kier molecular flexibility index (Phi) is 3.55. The zero-order valence-corrected chi connectivity index (χ0v) is 10.3. The molecule has 0 aromatic heterocycles. The fourth-order valence-electron chi connectivity index (χ4n) is 1.65. The average molecular weight is 210 g/mol. The molecule has 0 aliphatic heterocycles. The molecular weight excluding hydrogens is 191 g/mol. The number of hydrogen-bond donors (Lipinski definition) is 0. The number of hydrogen-bond acceptors (Lipinski definition) is 1. The van der Waals surface area contributed by atoms with Crippen LogP contribution in [0.15, 0.2) is 24.3 Å². The summed E-state index contributed by atoms with van der Waals surface area (Å²) in [5.74, 6) is 0.614. The van der Waals surface area contributed by atoms with Crippen LogP contribution in [-0.2, 0) is 11.0 Å². The largest absolute Gasteiger partial charge is 0.319 e. The van der Waals surface area contributed by atoms with Crippen LogP contribution in [0, 0.1) is 5.92 Å². The molecule has 2 heteroatoms. The highest BCUT2D eigenvalue weighted by Crippen LogP contribution is 2.36. The van der Waals surface area contributed by atoms with Crippen LogP contribution in [0.5, 0.6) is 0 Å². The summed E-state index contributed by atoms with van der Waals surface area (Å²) in [6.45, 7) is 8.05. The van der Waals surface area contributed by atoms with E-state index in [2.05, 4.69) is 19.9 Å². The fourth-order valence-corrected chi connectivity index (χ4v) is 2.95. The van der Waals surface area contributed by atoms with Gasteiger partial charge in [0.1, 0.15) is 7.14 Å². The van der Waals surface area contributed by atoms with Crippen molar-refractivity contribution in [3.05, 3.63) is 29.8 Å². The minimum Gasteiger partial charge on any atom is -0.319 e. The number of benzene rings is 1. The van der Waals surface area contributed by atoms with Gasteiger partial charge in [-0.25, -0.2) is 0 Å². The van der Waals surface area contributed by atoms with Gasteiger partial charge in [0, 0.05) is 5.30 Å². The first-order chi connectivity index (χ1) is 6.41. The van der Waals surface area contributed by atoms with Crippen molar-refractivity contribution in [2.24, 2.45) is 5.92 Å². The van der Waals surface area contributed by atoms with Crippen molar-refractivity contribution >= 4 is 12.4 Å². The molecule has 0 unspecified atom stereocenters. The standard InChI is InChI=1S/C12H19OP/c1-10(2)9-11-7-5-6-8-12(11)14(3,4)13/h5-8,10H,9H2,1-4H3. The Morgan fingerprint density at radius 3 is 2.29 bits per heavy atom. The highest BCUT2D eigenvalue weighted by atomic mass is 31.2. The quantitative estimate of drug-likeness (QED) is 0.700. The monoisotopic (exact) mass is 210 g/mol. The van der Waals surface area contributed by atoms with E-state index in [9.17, 15) is 4.57 Å². The van der Waals surface area contributed by atoms with Crippen LogP contribution < -0.4 is 5.30 Å². The lowest BCUT2D eigenvalue weighted by molar-refractivity contribution is 0.587. The molecule has 1 aromatic rings. The second kappa shape index (κ2) is 4.31.